The van der Waals surface area contributed by atoms with Crippen molar-refractivity contribution in [3.63, 3.8) is 0 Å². The van der Waals surface area contributed by atoms with Gasteiger partial charge in [-0.15, -0.1) is 0 Å². The summed E-state index contributed by atoms with van der Waals surface area (Å²) in [5.74, 6) is -2.32. The van der Waals surface area contributed by atoms with Gasteiger partial charge in [-0.05, 0) is 35.5 Å². The molecule has 5 nitrogen and oxygen atoms in total. The smallest absolute Gasteiger partial charge is 0.323 e. The first-order valence-corrected chi connectivity index (χ1v) is 6.02. The highest BCUT2D eigenvalue weighted by Crippen LogP contribution is 2.31. The van der Waals surface area contributed by atoms with Gasteiger partial charge < -0.3 is 5.11 Å². The van der Waals surface area contributed by atoms with E-state index >= 15 is 0 Å². The Kier molecular flexibility index (Phi) is 3.66. The number of halogens is 1. The Bertz CT molecular complexity index is 582. The number of carbonyl (C=O) groups is 3. The van der Waals surface area contributed by atoms with Gasteiger partial charge in [0.25, 0.3) is 11.1 Å². The van der Waals surface area contributed by atoms with Gasteiger partial charge in [0.1, 0.15) is 12.4 Å². The summed E-state index contributed by atoms with van der Waals surface area (Å²) in [7, 11) is 0. The van der Waals surface area contributed by atoms with Crippen molar-refractivity contribution >= 4 is 35.0 Å². The van der Waals surface area contributed by atoms with Crippen LogP contribution in [-0.4, -0.2) is 33.7 Å². The van der Waals surface area contributed by atoms with Gasteiger partial charge in [0, 0.05) is 0 Å². The lowest BCUT2D eigenvalue weighted by Gasteiger charge is -2.07. The predicted octanol–water partition coefficient (Wildman–Crippen LogP) is 1.95. The molecule has 0 bridgehead atoms. The Balaban J connectivity index is 2.23. The number of rotatable bonds is 3. The molecule has 0 aromatic heterocycles. The van der Waals surface area contributed by atoms with Crippen LogP contribution in [0.15, 0.2) is 29.2 Å². The molecular formula is C12H8FNO4S. The highest BCUT2D eigenvalue weighted by Gasteiger charge is 2.36. The number of imide groups is 1. The van der Waals surface area contributed by atoms with Gasteiger partial charge in [0.2, 0.25) is 0 Å². The maximum absolute atomic E-state index is 12.7. The molecule has 98 valence electrons. The van der Waals surface area contributed by atoms with Crippen LogP contribution in [0.2, 0.25) is 0 Å². The summed E-state index contributed by atoms with van der Waals surface area (Å²) < 4.78 is 12.7. The minimum Gasteiger partial charge on any atom is -0.480 e. The first-order chi connectivity index (χ1) is 8.97. The van der Waals surface area contributed by atoms with E-state index < -0.39 is 29.5 Å². The fourth-order valence-electron chi connectivity index (χ4n) is 1.48. The summed E-state index contributed by atoms with van der Waals surface area (Å²) >= 11 is 0.664. The van der Waals surface area contributed by atoms with Gasteiger partial charge in [-0.1, -0.05) is 12.1 Å². The molecule has 0 saturated carbocycles. The summed E-state index contributed by atoms with van der Waals surface area (Å²) in [6, 6.07) is 5.38. The molecule has 19 heavy (non-hydrogen) atoms. The molecule has 0 unspecified atom stereocenters. The van der Waals surface area contributed by atoms with Gasteiger partial charge in [0.15, 0.2) is 0 Å². The highest BCUT2D eigenvalue weighted by atomic mass is 32.2. The zero-order valence-electron chi connectivity index (χ0n) is 9.50. The summed E-state index contributed by atoms with van der Waals surface area (Å²) in [4.78, 5) is 34.6. The van der Waals surface area contributed by atoms with Gasteiger partial charge >= 0.3 is 5.97 Å². The number of nitrogens with zero attached hydrogens (tertiary/aromatic N) is 1. The van der Waals surface area contributed by atoms with E-state index in [1.807, 2.05) is 0 Å². The van der Waals surface area contributed by atoms with E-state index in [0.717, 1.165) is 0 Å². The number of carbonyl (C=O) groups excluding carboxylic acids is 2. The first kappa shape index (κ1) is 13.3. The molecule has 2 rings (SSSR count). The molecule has 2 amide bonds. The van der Waals surface area contributed by atoms with Crippen molar-refractivity contribution in [2.45, 2.75) is 0 Å². The maximum atomic E-state index is 12.7. The zero-order valence-corrected chi connectivity index (χ0v) is 10.3. The molecule has 0 radical (unpaired) electrons. The second-order valence-electron chi connectivity index (χ2n) is 3.71. The molecule has 1 heterocycles. The summed E-state index contributed by atoms with van der Waals surface area (Å²) in [6.45, 7) is -0.661. The molecule has 7 heteroatoms. The van der Waals surface area contributed by atoms with Crippen LogP contribution in [0.25, 0.3) is 6.08 Å². The van der Waals surface area contributed by atoms with Crippen LogP contribution in [0.4, 0.5) is 9.18 Å². The number of carboxylic acids is 1. The van der Waals surface area contributed by atoms with Crippen molar-refractivity contribution in [2.24, 2.45) is 0 Å². The van der Waals surface area contributed by atoms with Crippen LogP contribution in [0.3, 0.4) is 0 Å². The van der Waals surface area contributed by atoms with Gasteiger partial charge in [-0.3, -0.25) is 19.3 Å². The Morgan fingerprint density at radius 1 is 1.32 bits per heavy atom. The van der Waals surface area contributed by atoms with Crippen molar-refractivity contribution < 1.29 is 23.9 Å². The average molecular weight is 281 g/mol. The lowest BCUT2D eigenvalue weighted by Crippen LogP contribution is -2.33. The Morgan fingerprint density at radius 3 is 2.53 bits per heavy atom. The molecule has 1 aromatic rings. The standard InChI is InChI=1S/C12H8FNO4S/c13-8-3-1-7(2-4-8)5-9-11(17)14(6-10(15)16)12(18)19-9/h1-5H,6H2,(H,15,16). The van der Waals surface area contributed by atoms with Crippen molar-refractivity contribution in [3.8, 4) is 0 Å². The van der Waals surface area contributed by atoms with Gasteiger partial charge in [0.05, 0.1) is 4.91 Å². The van der Waals surface area contributed by atoms with E-state index in [9.17, 15) is 18.8 Å². The Labute approximate surface area is 111 Å². The molecule has 1 aromatic carbocycles. The summed E-state index contributed by atoms with van der Waals surface area (Å²) in [5.41, 5.74) is 0.558. The van der Waals surface area contributed by atoms with E-state index in [0.29, 0.717) is 22.2 Å². The lowest BCUT2D eigenvalue weighted by atomic mass is 10.2. The quantitative estimate of drug-likeness (QED) is 0.857. The van der Waals surface area contributed by atoms with Crippen LogP contribution < -0.4 is 0 Å². The second-order valence-corrected chi connectivity index (χ2v) is 4.71. The fraction of sp³-hybridized carbons (Fsp3) is 0.0833. The Hall–Kier alpha value is -2.15. The number of aliphatic carboxylic acids is 1. The number of amides is 2. The fourth-order valence-corrected chi connectivity index (χ4v) is 2.32. The third kappa shape index (κ3) is 3.00. The topological polar surface area (TPSA) is 74.7 Å². The van der Waals surface area contributed by atoms with Crippen LogP contribution in [0.1, 0.15) is 5.56 Å². The number of hydrogen-bond acceptors (Lipinski definition) is 4. The van der Waals surface area contributed by atoms with Gasteiger partial charge in [-0.2, -0.15) is 0 Å². The lowest BCUT2D eigenvalue weighted by molar-refractivity contribution is -0.140. The SMILES string of the molecule is O=C(O)CN1C(=O)SC(=Cc2ccc(F)cc2)C1=O. The molecule has 1 aliphatic rings. The third-order valence-corrected chi connectivity index (χ3v) is 3.24. The van der Waals surface area contributed by atoms with Crippen LogP contribution in [-0.2, 0) is 9.59 Å². The minimum absolute atomic E-state index is 0.123. The number of carboxylic acid groups (broad SMARTS) is 1. The number of thioether (sulfide) groups is 1. The van der Waals surface area contributed by atoms with Crippen molar-refractivity contribution in [1.29, 1.82) is 0 Å². The predicted molar refractivity (Wildman–Crippen MR) is 66.7 cm³/mol. The van der Waals surface area contributed by atoms with Crippen molar-refractivity contribution in [2.75, 3.05) is 6.54 Å². The number of benzene rings is 1. The minimum atomic E-state index is -1.26. The molecule has 0 spiro atoms. The zero-order chi connectivity index (χ0) is 14.0. The van der Waals surface area contributed by atoms with E-state index in [2.05, 4.69) is 0 Å². The molecule has 1 aliphatic heterocycles. The van der Waals surface area contributed by atoms with Gasteiger partial charge in [-0.25, -0.2) is 4.39 Å². The molecule has 0 atom stereocenters. The van der Waals surface area contributed by atoms with Crippen LogP contribution >= 0.6 is 11.8 Å². The normalized spacial score (nSPS) is 17.3. The van der Waals surface area contributed by atoms with E-state index in [1.54, 1.807) is 0 Å². The van der Waals surface area contributed by atoms with Crippen LogP contribution in [0, 0.1) is 5.82 Å². The Morgan fingerprint density at radius 2 is 1.95 bits per heavy atom. The molecule has 0 aliphatic carbocycles. The molecule has 1 N–H and O–H groups in total. The molecule has 1 fully saturated rings. The molecular weight excluding hydrogens is 273 g/mol. The van der Waals surface area contributed by atoms with E-state index in [1.165, 1.54) is 30.3 Å². The summed E-state index contributed by atoms with van der Waals surface area (Å²) in [5, 5.41) is 7.98. The average Bonchev–Trinajstić information content (AvgIpc) is 2.60. The maximum Gasteiger partial charge on any atom is 0.323 e. The van der Waals surface area contributed by atoms with Crippen LogP contribution in [0.5, 0.6) is 0 Å². The second kappa shape index (κ2) is 5.23. The highest BCUT2D eigenvalue weighted by molar-refractivity contribution is 8.18. The van der Waals surface area contributed by atoms with Crippen molar-refractivity contribution in [3.05, 3.63) is 40.6 Å². The van der Waals surface area contributed by atoms with Crippen molar-refractivity contribution in [1.82, 2.24) is 4.90 Å². The third-order valence-electron chi connectivity index (χ3n) is 2.33. The summed E-state index contributed by atoms with van der Waals surface area (Å²) in [6.07, 6.45) is 1.42. The number of hydrogen-bond donors (Lipinski definition) is 1. The molecule has 1 saturated heterocycles. The first-order valence-electron chi connectivity index (χ1n) is 5.20. The largest absolute Gasteiger partial charge is 0.480 e. The van der Waals surface area contributed by atoms with E-state index in [-0.39, 0.29) is 4.91 Å². The van der Waals surface area contributed by atoms with E-state index in [4.69, 9.17) is 5.11 Å². The monoisotopic (exact) mass is 281 g/mol.